The molecule has 1 aromatic carbocycles. The fourth-order valence-electron chi connectivity index (χ4n) is 7.29. The number of carbonyl (C=O) groups is 3. The highest BCUT2D eigenvalue weighted by Gasteiger charge is 2.37. The molecule has 7 rings (SSSR count). The standard InChI is InChI=1S/C32H41ClN8O4S/c1-37-7-2-23(3-8-37)38-11-13-39(14-12-38)30(42)27(18-21-16-22-19-34-36-29(22)25(33)17-21)45-32(44)40-9-4-24(5-10-40)41-20-28-26(6-15-46-28)35-31(41)43/h6,15-17,19,23-24,27H,2-5,7-14,18,20H2,1H3,(H,34,36)(H,35,43)/t27-/m1/s1. The second kappa shape index (κ2) is 13.4. The van der Waals surface area contributed by atoms with E-state index in [0.717, 1.165) is 66.1 Å². The SMILES string of the molecule is CN1CCC(N2CCN(C(=O)[C@@H](Cc3cc(Cl)c4[nH]ncc4c3)OC(=O)N3CCC(N4Cc5sccc5NC4=O)CC3)CC2)CC1. The van der Waals surface area contributed by atoms with Crippen LogP contribution in [0.15, 0.2) is 29.8 Å². The number of hydrogen-bond donors (Lipinski definition) is 2. The third-order valence-electron chi connectivity index (χ3n) is 10.1. The highest BCUT2D eigenvalue weighted by molar-refractivity contribution is 7.10. The molecule has 1 atom stereocenters. The molecule has 14 heteroatoms. The van der Waals surface area contributed by atoms with Crippen LogP contribution in [0.5, 0.6) is 0 Å². The summed E-state index contributed by atoms with van der Waals surface area (Å²) in [6.45, 7) is 6.54. The summed E-state index contributed by atoms with van der Waals surface area (Å²) in [6, 6.07) is 6.16. The molecule has 2 N–H and O–H groups in total. The number of thiophene rings is 1. The zero-order valence-corrected chi connectivity index (χ0v) is 27.7. The largest absolute Gasteiger partial charge is 0.436 e. The Kier molecular flexibility index (Phi) is 9.08. The minimum atomic E-state index is -0.981. The normalized spacial score (nSPS) is 21.3. The lowest BCUT2D eigenvalue weighted by Gasteiger charge is -2.43. The Bertz CT molecular complexity index is 1570. The van der Waals surface area contributed by atoms with E-state index in [4.69, 9.17) is 16.3 Å². The van der Waals surface area contributed by atoms with Gasteiger partial charge in [-0.1, -0.05) is 11.6 Å². The van der Waals surface area contributed by atoms with Gasteiger partial charge in [-0.25, -0.2) is 9.59 Å². The summed E-state index contributed by atoms with van der Waals surface area (Å²) in [7, 11) is 2.17. The topological polar surface area (TPSA) is 117 Å². The number of benzene rings is 1. The van der Waals surface area contributed by atoms with E-state index in [9.17, 15) is 14.4 Å². The summed E-state index contributed by atoms with van der Waals surface area (Å²) in [6.07, 6.45) is 4.02. The van der Waals surface area contributed by atoms with Gasteiger partial charge in [0.15, 0.2) is 6.10 Å². The zero-order valence-electron chi connectivity index (χ0n) is 26.1. The fourth-order valence-corrected chi connectivity index (χ4v) is 8.41. The maximum atomic E-state index is 14.0. The number of urea groups is 1. The van der Waals surface area contributed by atoms with Crippen molar-refractivity contribution in [2.24, 2.45) is 0 Å². The summed E-state index contributed by atoms with van der Waals surface area (Å²) < 4.78 is 6.05. The van der Waals surface area contributed by atoms with Gasteiger partial charge in [-0.05, 0) is 75.0 Å². The molecule has 3 aromatic rings. The van der Waals surface area contributed by atoms with Gasteiger partial charge in [0, 0.05) is 68.0 Å². The number of piperazine rings is 1. The number of H-pyrrole nitrogens is 1. The van der Waals surface area contributed by atoms with Crippen LogP contribution in [0, 0.1) is 0 Å². The summed E-state index contributed by atoms with van der Waals surface area (Å²) in [5.41, 5.74) is 2.42. The number of likely N-dealkylation sites (tertiary alicyclic amines) is 2. The number of amides is 4. The van der Waals surface area contributed by atoms with Crippen molar-refractivity contribution >= 4 is 57.6 Å². The molecule has 246 valence electrons. The molecule has 3 saturated heterocycles. The maximum Gasteiger partial charge on any atom is 0.410 e. The quantitative estimate of drug-likeness (QED) is 0.407. The van der Waals surface area contributed by atoms with Crippen molar-refractivity contribution in [2.75, 3.05) is 64.7 Å². The highest BCUT2D eigenvalue weighted by Crippen LogP contribution is 2.32. The van der Waals surface area contributed by atoms with Crippen molar-refractivity contribution < 1.29 is 19.1 Å². The van der Waals surface area contributed by atoms with Gasteiger partial charge in [-0.15, -0.1) is 11.3 Å². The number of halogens is 1. The minimum Gasteiger partial charge on any atom is -0.436 e. The van der Waals surface area contributed by atoms with Gasteiger partial charge in [0.05, 0.1) is 29.0 Å². The van der Waals surface area contributed by atoms with Gasteiger partial charge in [-0.2, -0.15) is 5.10 Å². The second-order valence-corrected chi connectivity index (χ2v) is 14.3. The fraction of sp³-hybridized carbons (Fsp3) is 0.562. The number of aromatic amines is 1. The van der Waals surface area contributed by atoms with E-state index < -0.39 is 12.2 Å². The first-order chi connectivity index (χ1) is 22.3. The van der Waals surface area contributed by atoms with Gasteiger partial charge in [0.1, 0.15) is 0 Å². The molecule has 0 radical (unpaired) electrons. The van der Waals surface area contributed by atoms with Crippen LogP contribution in [0.4, 0.5) is 15.3 Å². The van der Waals surface area contributed by atoms with Crippen molar-refractivity contribution in [3.63, 3.8) is 0 Å². The third-order valence-corrected chi connectivity index (χ3v) is 11.3. The highest BCUT2D eigenvalue weighted by atomic mass is 35.5. The Labute approximate surface area is 277 Å². The Morgan fingerprint density at radius 3 is 2.52 bits per heavy atom. The number of anilines is 1. The van der Waals surface area contributed by atoms with Crippen molar-refractivity contribution in [3.8, 4) is 0 Å². The van der Waals surface area contributed by atoms with Gasteiger partial charge >= 0.3 is 12.1 Å². The number of nitrogens with zero attached hydrogens (tertiary/aromatic N) is 6. The molecule has 3 fully saturated rings. The predicted molar refractivity (Wildman–Crippen MR) is 177 cm³/mol. The Balaban J connectivity index is 1.00. The smallest absolute Gasteiger partial charge is 0.410 e. The summed E-state index contributed by atoms with van der Waals surface area (Å²) in [5, 5.41) is 13.3. The summed E-state index contributed by atoms with van der Waals surface area (Å²) in [5.74, 6) is -0.175. The maximum absolute atomic E-state index is 14.0. The average molecular weight is 669 g/mol. The number of nitrogens with one attached hydrogen (secondary N) is 2. The van der Waals surface area contributed by atoms with E-state index in [1.807, 2.05) is 33.4 Å². The first kappa shape index (κ1) is 31.2. The van der Waals surface area contributed by atoms with Crippen molar-refractivity contribution in [2.45, 2.75) is 56.8 Å². The molecular weight excluding hydrogens is 628 g/mol. The van der Waals surface area contributed by atoms with Gasteiger partial charge in [-0.3, -0.25) is 14.8 Å². The number of hydrogen-bond acceptors (Lipinski definition) is 8. The molecular formula is C32H41ClN8O4S. The minimum absolute atomic E-state index is 0.0291. The number of carbonyl (C=O) groups excluding carboxylic acids is 3. The molecule has 0 unspecified atom stereocenters. The number of fused-ring (bicyclic) bond motifs is 2. The monoisotopic (exact) mass is 668 g/mol. The number of piperidine rings is 2. The zero-order chi connectivity index (χ0) is 31.8. The van der Waals surface area contributed by atoms with Crippen LogP contribution in [-0.2, 0) is 22.5 Å². The molecule has 0 saturated carbocycles. The van der Waals surface area contributed by atoms with Crippen LogP contribution < -0.4 is 5.32 Å². The summed E-state index contributed by atoms with van der Waals surface area (Å²) in [4.78, 5) is 51.8. The number of rotatable bonds is 6. The number of aromatic nitrogens is 2. The van der Waals surface area contributed by atoms with Crippen LogP contribution in [0.1, 0.15) is 36.1 Å². The van der Waals surface area contributed by atoms with Crippen LogP contribution in [-0.4, -0.2) is 130 Å². The van der Waals surface area contributed by atoms with Crippen LogP contribution in [0.2, 0.25) is 5.02 Å². The molecule has 0 bridgehead atoms. The van der Waals surface area contributed by atoms with Gasteiger partial charge < -0.3 is 29.7 Å². The average Bonchev–Trinajstić information content (AvgIpc) is 3.74. The number of ether oxygens (including phenoxy) is 1. The van der Waals surface area contributed by atoms with Crippen molar-refractivity contribution in [3.05, 3.63) is 45.2 Å². The van der Waals surface area contributed by atoms with Gasteiger partial charge in [0.2, 0.25) is 0 Å². The van der Waals surface area contributed by atoms with Crippen LogP contribution >= 0.6 is 22.9 Å². The predicted octanol–water partition coefficient (Wildman–Crippen LogP) is 4.08. The lowest BCUT2D eigenvalue weighted by atomic mass is 10.0. The Hall–Kier alpha value is -3.39. The molecule has 46 heavy (non-hydrogen) atoms. The molecule has 12 nitrogen and oxygen atoms in total. The van der Waals surface area contributed by atoms with E-state index in [1.54, 1.807) is 22.4 Å². The molecule has 0 aliphatic carbocycles. The Morgan fingerprint density at radius 1 is 1.02 bits per heavy atom. The molecule has 0 spiro atoms. The van der Waals surface area contributed by atoms with E-state index in [-0.39, 0.29) is 24.4 Å². The molecule has 4 amide bonds. The molecule has 4 aliphatic rings. The summed E-state index contributed by atoms with van der Waals surface area (Å²) >= 11 is 8.16. The third kappa shape index (κ3) is 6.55. The molecule has 2 aromatic heterocycles. The lowest BCUT2D eigenvalue weighted by Crippen LogP contribution is -2.56. The van der Waals surface area contributed by atoms with Gasteiger partial charge in [0.25, 0.3) is 5.91 Å². The first-order valence-corrected chi connectivity index (χ1v) is 17.5. The van der Waals surface area contributed by atoms with E-state index in [1.165, 1.54) is 0 Å². The lowest BCUT2D eigenvalue weighted by molar-refractivity contribution is -0.143. The second-order valence-electron chi connectivity index (χ2n) is 12.9. The molecule has 4 aliphatic heterocycles. The van der Waals surface area contributed by atoms with E-state index in [0.29, 0.717) is 56.6 Å². The van der Waals surface area contributed by atoms with E-state index in [2.05, 4.69) is 32.4 Å². The van der Waals surface area contributed by atoms with E-state index >= 15 is 0 Å². The van der Waals surface area contributed by atoms with Crippen LogP contribution in [0.25, 0.3) is 10.9 Å². The Morgan fingerprint density at radius 2 is 1.76 bits per heavy atom. The molecule has 6 heterocycles. The first-order valence-electron chi connectivity index (χ1n) is 16.2. The van der Waals surface area contributed by atoms with Crippen LogP contribution in [0.3, 0.4) is 0 Å². The van der Waals surface area contributed by atoms with Crippen molar-refractivity contribution in [1.29, 1.82) is 0 Å². The van der Waals surface area contributed by atoms with Crippen molar-refractivity contribution in [1.82, 2.24) is 34.7 Å².